The average Bonchev–Trinajstić information content (AvgIpc) is 3.01. The Bertz CT molecular complexity index is 883. The van der Waals surface area contributed by atoms with Crippen molar-refractivity contribution in [2.75, 3.05) is 7.11 Å². The third-order valence-electron chi connectivity index (χ3n) is 4.76. The number of H-pyrrole nitrogens is 1. The SMILES string of the molecule is COc1ccc2[nH]c3c(c2c1)CCCC3NC(=O)c1ccccc1. The molecule has 1 atom stereocenters. The van der Waals surface area contributed by atoms with E-state index in [1.54, 1.807) is 7.11 Å². The van der Waals surface area contributed by atoms with Crippen molar-refractivity contribution in [1.29, 1.82) is 0 Å². The number of benzene rings is 2. The van der Waals surface area contributed by atoms with Crippen molar-refractivity contribution in [1.82, 2.24) is 10.3 Å². The van der Waals surface area contributed by atoms with Gasteiger partial charge in [0.05, 0.1) is 13.2 Å². The van der Waals surface area contributed by atoms with Crippen LogP contribution in [0.15, 0.2) is 48.5 Å². The summed E-state index contributed by atoms with van der Waals surface area (Å²) in [5.41, 5.74) is 4.23. The molecule has 1 heterocycles. The van der Waals surface area contributed by atoms with Crippen LogP contribution in [0.3, 0.4) is 0 Å². The van der Waals surface area contributed by atoms with Crippen molar-refractivity contribution >= 4 is 16.8 Å². The quantitative estimate of drug-likeness (QED) is 0.767. The summed E-state index contributed by atoms with van der Waals surface area (Å²) in [6.45, 7) is 0. The second-order valence-electron chi connectivity index (χ2n) is 6.21. The summed E-state index contributed by atoms with van der Waals surface area (Å²) in [6, 6.07) is 15.5. The van der Waals surface area contributed by atoms with Gasteiger partial charge in [-0.05, 0) is 55.2 Å². The van der Waals surface area contributed by atoms with E-state index in [2.05, 4.69) is 16.4 Å². The van der Waals surface area contributed by atoms with Crippen molar-refractivity contribution in [3.05, 3.63) is 65.4 Å². The van der Waals surface area contributed by atoms with Gasteiger partial charge in [-0.25, -0.2) is 0 Å². The van der Waals surface area contributed by atoms with Crippen LogP contribution in [0.5, 0.6) is 5.75 Å². The molecule has 3 aromatic rings. The summed E-state index contributed by atoms with van der Waals surface area (Å²) >= 11 is 0. The van der Waals surface area contributed by atoms with E-state index in [4.69, 9.17) is 4.74 Å². The molecule has 0 saturated carbocycles. The molecule has 0 fully saturated rings. The largest absolute Gasteiger partial charge is 0.497 e. The lowest BCUT2D eigenvalue weighted by Crippen LogP contribution is -2.31. The number of aromatic amines is 1. The van der Waals surface area contributed by atoms with Crippen molar-refractivity contribution in [3.8, 4) is 5.75 Å². The maximum Gasteiger partial charge on any atom is 0.251 e. The molecule has 1 aliphatic carbocycles. The minimum atomic E-state index is -0.0234. The Balaban J connectivity index is 1.67. The fraction of sp³-hybridized carbons (Fsp3) is 0.250. The molecule has 0 radical (unpaired) electrons. The highest BCUT2D eigenvalue weighted by Gasteiger charge is 2.26. The molecule has 0 bridgehead atoms. The predicted molar refractivity (Wildman–Crippen MR) is 94.4 cm³/mol. The van der Waals surface area contributed by atoms with Crippen LogP contribution in [-0.2, 0) is 6.42 Å². The van der Waals surface area contributed by atoms with Gasteiger partial charge in [-0.3, -0.25) is 4.79 Å². The van der Waals surface area contributed by atoms with Crippen molar-refractivity contribution in [2.45, 2.75) is 25.3 Å². The number of carbonyl (C=O) groups excluding carboxylic acids is 1. The number of methoxy groups -OCH3 is 1. The Labute approximate surface area is 140 Å². The van der Waals surface area contributed by atoms with Crippen LogP contribution in [0.25, 0.3) is 10.9 Å². The summed E-state index contributed by atoms with van der Waals surface area (Å²) in [5.74, 6) is 0.837. The van der Waals surface area contributed by atoms with Crippen molar-refractivity contribution < 1.29 is 9.53 Å². The number of hydrogen-bond donors (Lipinski definition) is 2. The van der Waals surface area contributed by atoms with Crippen molar-refractivity contribution in [3.63, 3.8) is 0 Å². The van der Waals surface area contributed by atoms with E-state index in [0.717, 1.165) is 36.2 Å². The highest BCUT2D eigenvalue weighted by atomic mass is 16.5. The number of carbonyl (C=O) groups is 1. The predicted octanol–water partition coefficient (Wildman–Crippen LogP) is 3.98. The number of nitrogens with one attached hydrogen (secondary N) is 2. The molecule has 0 spiro atoms. The third-order valence-corrected chi connectivity index (χ3v) is 4.76. The monoisotopic (exact) mass is 320 g/mol. The van der Waals surface area contributed by atoms with Gasteiger partial charge < -0.3 is 15.0 Å². The zero-order valence-corrected chi connectivity index (χ0v) is 13.6. The Hall–Kier alpha value is -2.75. The molecule has 1 aromatic heterocycles. The molecule has 24 heavy (non-hydrogen) atoms. The number of aryl methyl sites for hydroxylation is 1. The second-order valence-corrected chi connectivity index (χ2v) is 6.21. The first-order chi connectivity index (χ1) is 11.8. The topological polar surface area (TPSA) is 54.1 Å². The van der Waals surface area contributed by atoms with Gasteiger partial charge in [-0.1, -0.05) is 18.2 Å². The van der Waals surface area contributed by atoms with Gasteiger partial charge in [0, 0.05) is 22.2 Å². The molecule has 122 valence electrons. The first-order valence-electron chi connectivity index (χ1n) is 8.30. The second kappa shape index (κ2) is 6.04. The molecule has 2 N–H and O–H groups in total. The third kappa shape index (κ3) is 2.54. The fourth-order valence-corrected chi connectivity index (χ4v) is 3.54. The zero-order chi connectivity index (χ0) is 16.5. The maximum atomic E-state index is 12.5. The first-order valence-corrected chi connectivity index (χ1v) is 8.30. The smallest absolute Gasteiger partial charge is 0.251 e. The van der Waals surface area contributed by atoms with Gasteiger partial charge >= 0.3 is 0 Å². The van der Waals surface area contributed by atoms with E-state index < -0.39 is 0 Å². The van der Waals surface area contributed by atoms with E-state index >= 15 is 0 Å². The molecular formula is C20H20N2O2. The molecule has 4 nitrogen and oxygen atoms in total. The lowest BCUT2D eigenvalue weighted by atomic mass is 9.91. The Morgan fingerprint density at radius 3 is 2.83 bits per heavy atom. The minimum absolute atomic E-state index is 0.0234. The number of fused-ring (bicyclic) bond motifs is 3. The van der Waals surface area contributed by atoms with E-state index in [0.29, 0.717) is 5.56 Å². The van der Waals surface area contributed by atoms with Crippen LogP contribution in [-0.4, -0.2) is 18.0 Å². The summed E-state index contributed by atoms with van der Waals surface area (Å²) in [7, 11) is 1.68. The lowest BCUT2D eigenvalue weighted by molar-refractivity contribution is 0.0932. The molecule has 1 aliphatic rings. The van der Waals surface area contributed by atoms with Crippen LogP contribution in [0.2, 0.25) is 0 Å². The first kappa shape index (κ1) is 14.8. The maximum absolute atomic E-state index is 12.5. The molecule has 4 rings (SSSR count). The number of aromatic nitrogens is 1. The Morgan fingerprint density at radius 2 is 2.04 bits per heavy atom. The summed E-state index contributed by atoms with van der Waals surface area (Å²) in [5, 5.41) is 4.38. The summed E-state index contributed by atoms with van der Waals surface area (Å²) < 4.78 is 5.35. The lowest BCUT2D eigenvalue weighted by Gasteiger charge is -2.24. The van der Waals surface area contributed by atoms with Gasteiger partial charge in [0.25, 0.3) is 5.91 Å². The minimum Gasteiger partial charge on any atom is -0.497 e. The van der Waals surface area contributed by atoms with E-state index in [1.807, 2.05) is 42.5 Å². The fourth-order valence-electron chi connectivity index (χ4n) is 3.54. The van der Waals surface area contributed by atoms with Crippen LogP contribution in [0.4, 0.5) is 0 Å². The molecular weight excluding hydrogens is 300 g/mol. The van der Waals surface area contributed by atoms with Crippen LogP contribution < -0.4 is 10.1 Å². The van der Waals surface area contributed by atoms with Gasteiger partial charge in [0.1, 0.15) is 5.75 Å². The van der Waals surface area contributed by atoms with Crippen LogP contribution in [0, 0.1) is 0 Å². The zero-order valence-electron chi connectivity index (χ0n) is 13.6. The summed E-state index contributed by atoms with van der Waals surface area (Å²) in [6.07, 6.45) is 3.05. The molecule has 1 unspecified atom stereocenters. The van der Waals surface area contributed by atoms with Gasteiger partial charge in [0.15, 0.2) is 0 Å². The molecule has 4 heteroatoms. The highest BCUT2D eigenvalue weighted by molar-refractivity contribution is 5.94. The molecule has 0 aliphatic heterocycles. The van der Waals surface area contributed by atoms with Gasteiger partial charge in [0.2, 0.25) is 0 Å². The van der Waals surface area contributed by atoms with Crippen molar-refractivity contribution in [2.24, 2.45) is 0 Å². The summed E-state index contributed by atoms with van der Waals surface area (Å²) in [4.78, 5) is 16.0. The van der Waals surface area contributed by atoms with E-state index in [9.17, 15) is 4.79 Å². The van der Waals surface area contributed by atoms with Gasteiger partial charge in [-0.15, -0.1) is 0 Å². The van der Waals surface area contributed by atoms with Crippen LogP contribution >= 0.6 is 0 Å². The van der Waals surface area contributed by atoms with E-state index in [-0.39, 0.29) is 11.9 Å². The number of ether oxygens (including phenoxy) is 1. The highest BCUT2D eigenvalue weighted by Crippen LogP contribution is 2.36. The molecule has 0 saturated heterocycles. The standard InChI is InChI=1S/C20H20N2O2/c1-24-14-10-11-17-16(12-14)15-8-5-9-18(19(15)21-17)22-20(23)13-6-3-2-4-7-13/h2-4,6-7,10-12,18,21H,5,8-9H2,1H3,(H,22,23). The van der Waals surface area contributed by atoms with E-state index in [1.165, 1.54) is 10.9 Å². The normalized spacial score (nSPS) is 16.6. The van der Waals surface area contributed by atoms with Crippen LogP contribution in [0.1, 0.15) is 40.5 Å². The molecule has 1 amide bonds. The Kier molecular flexibility index (Phi) is 3.73. The number of hydrogen-bond acceptors (Lipinski definition) is 2. The number of amides is 1. The van der Waals surface area contributed by atoms with Gasteiger partial charge in [-0.2, -0.15) is 0 Å². The average molecular weight is 320 g/mol. The molecule has 2 aromatic carbocycles. The Morgan fingerprint density at radius 1 is 1.21 bits per heavy atom. The number of rotatable bonds is 3.